The van der Waals surface area contributed by atoms with Gasteiger partial charge in [-0.1, -0.05) is 12.1 Å². The van der Waals surface area contributed by atoms with Gasteiger partial charge in [0, 0.05) is 19.3 Å². The van der Waals surface area contributed by atoms with E-state index in [2.05, 4.69) is 9.97 Å². The van der Waals surface area contributed by atoms with Crippen LogP contribution in [0, 0.1) is 12.7 Å². The lowest BCUT2D eigenvalue weighted by atomic mass is 10.00. The summed E-state index contributed by atoms with van der Waals surface area (Å²) >= 11 is 0. The highest BCUT2D eigenvalue weighted by Crippen LogP contribution is 2.27. The third kappa shape index (κ3) is 2.82. The molecule has 1 amide bonds. The van der Waals surface area contributed by atoms with Gasteiger partial charge in [0.1, 0.15) is 17.7 Å². The van der Waals surface area contributed by atoms with Gasteiger partial charge in [-0.15, -0.1) is 0 Å². The number of carbonyl (C=O) groups is 1. The Morgan fingerprint density at radius 2 is 2.09 bits per heavy atom. The molecule has 2 heterocycles. The molecule has 0 fully saturated rings. The van der Waals surface area contributed by atoms with Gasteiger partial charge in [-0.25, -0.2) is 14.4 Å². The SMILES string of the molecule is Cc1ncc2c(n1)CN([C@@H](C(N)=O)c1ccc(F)cc1)CC2. The maximum Gasteiger partial charge on any atom is 0.239 e. The number of fused-ring (bicyclic) bond motifs is 1. The number of hydrogen-bond donors (Lipinski definition) is 1. The fourth-order valence-electron chi connectivity index (χ4n) is 2.84. The molecule has 0 bridgehead atoms. The fraction of sp³-hybridized carbons (Fsp3) is 0.312. The minimum Gasteiger partial charge on any atom is -0.368 e. The molecule has 1 aromatic heterocycles. The first-order valence-corrected chi connectivity index (χ1v) is 7.15. The molecule has 0 radical (unpaired) electrons. The Balaban J connectivity index is 1.90. The minimum absolute atomic E-state index is 0.334. The van der Waals surface area contributed by atoms with Crippen LogP contribution in [-0.2, 0) is 17.8 Å². The van der Waals surface area contributed by atoms with Crippen LogP contribution in [0.15, 0.2) is 30.5 Å². The van der Waals surface area contributed by atoms with Crippen LogP contribution >= 0.6 is 0 Å². The molecule has 1 atom stereocenters. The number of rotatable bonds is 3. The molecule has 2 N–H and O–H groups in total. The highest BCUT2D eigenvalue weighted by Gasteiger charge is 2.29. The average Bonchev–Trinajstić information content (AvgIpc) is 2.49. The van der Waals surface area contributed by atoms with Crippen molar-refractivity contribution in [3.8, 4) is 0 Å². The van der Waals surface area contributed by atoms with E-state index in [4.69, 9.17) is 5.73 Å². The van der Waals surface area contributed by atoms with Gasteiger partial charge in [0.2, 0.25) is 5.91 Å². The lowest BCUT2D eigenvalue weighted by molar-refractivity contribution is -0.123. The molecule has 3 rings (SSSR count). The van der Waals surface area contributed by atoms with Crippen molar-refractivity contribution in [1.29, 1.82) is 0 Å². The van der Waals surface area contributed by atoms with E-state index >= 15 is 0 Å². The van der Waals surface area contributed by atoms with E-state index in [1.54, 1.807) is 12.1 Å². The number of aromatic nitrogens is 2. The second-order valence-electron chi connectivity index (χ2n) is 5.47. The van der Waals surface area contributed by atoms with Crippen LogP contribution in [0.5, 0.6) is 0 Å². The molecule has 0 saturated carbocycles. The second-order valence-corrected chi connectivity index (χ2v) is 5.47. The molecule has 0 spiro atoms. The number of carbonyl (C=O) groups excluding carboxylic acids is 1. The van der Waals surface area contributed by atoms with E-state index in [1.807, 2.05) is 18.0 Å². The van der Waals surface area contributed by atoms with E-state index in [0.29, 0.717) is 24.5 Å². The molecule has 0 aliphatic carbocycles. The molecule has 6 heteroatoms. The molecular formula is C16H17FN4O. The standard InChI is InChI=1S/C16H17FN4O/c1-10-19-8-12-6-7-21(9-14(12)20-10)15(16(18)22)11-2-4-13(17)5-3-11/h2-5,8,15H,6-7,9H2,1H3,(H2,18,22)/t15-/m1/s1. The molecule has 2 aromatic rings. The lowest BCUT2D eigenvalue weighted by Crippen LogP contribution is -2.41. The number of nitrogens with two attached hydrogens (primary N) is 1. The summed E-state index contributed by atoms with van der Waals surface area (Å²) in [6, 6.07) is 5.31. The Morgan fingerprint density at radius 1 is 1.36 bits per heavy atom. The van der Waals surface area contributed by atoms with Crippen LogP contribution in [0.1, 0.15) is 28.7 Å². The summed E-state index contributed by atoms with van der Waals surface area (Å²) in [4.78, 5) is 22.5. The predicted molar refractivity (Wildman–Crippen MR) is 79.2 cm³/mol. The van der Waals surface area contributed by atoms with E-state index < -0.39 is 11.9 Å². The number of amides is 1. The zero-order chi connectivity index (χ0) is 15.7. The molecule has 1 aliphatic rings. The van der Waals surface area contributed by atoms with Crippen LogP contribution in [0.4, 0.5) is 4.39 Å². The first-order valence-electron chi connectivity index (χ1n) is 7.15. The third-order valence-electron chi connectivity index (χ3n) is 3.92. The molecule has 114 valence electrons. The van der Waals surface area contributed by atoms with Crippen LogP contribution in [0.2, 0.25) is 0 Å². The van der Waals surface area contributed by atoms with Crippen LogP contribution in [-0.4, -0.2) is 27.3 Å². The normalized spacial score (nSPS) is 16.1. The first kappa shape index (κ1) is 14.6. The molecule has 5 nitrogen and oxygen atoms in total. The summed E-state index contributed by atoms with van der Waals surface area (Å²) in [5, 5.41) is 0. The third-order valence-corrected chi connectivity index (χ3v) is 3.92. The molecule has 22 heavy (non-hydrogen) atoms. The van der Waals surface area contributed by atoms with Crippen molar-refractivity contribution in [1.82, 2.24) is 14.9 Å². The van der Waals surface area contributed by atoms with E-state index in [1.165, 1.54) is 12.1 Å². The topological polar surface area (TPSA) is 72.1 Å². The zero-order valence-corrected chi connectivity index (χ0v) is 12.3. The van der Waals surface area contributed by atoms with Gasteiger partial charge >= 0.3 is 0 Å². The molecule has 1 aromatic carbocycles. The molecule has 1 aliphatic heterocycles. The number of halogens is 1. The molecule has 0 unspecified atom stereocenters. The van der Waals surface area contributed by atoms with Gasteiger partial charge in [-0.05, 0) is 36.6 Å². The molecule has 0 saturated heterocycles. The lowest BCUT2D eigenvalue weighted by Gasteiger charge is -2.33. The van der Waals surface area contributed by atoms with Crippen molar-refractivity contribution in [2.75, 3.05) is 6.54 Å². The summed E-state index contributed by atoms with van der Waals surface area (Å²) in [5.74, 6) is -0.0711. The number of nitrogens with zero attached hydrogens (tertiary/aromatic N) is 3. The first-order chi connectivity index (χ1) is 10.5. The van der Waals surface area contributed by atoms with E-state index in [9.17, 15) is 9.18 Å². The maximum atomic E-state index is 13.1. The van der Waals surface area contributed by atoms with Crippen molar-refractivity contribution in [3.63, 3.8) is 0 Å². The van der Waals surface area contributed by atoms with Gasteiger partial charge in [-0.3, -0.25) is 9.69 Å². The number of hydrogen-bond acceptors (Lipinski definition) is 4. The maximum absolute atomic E-state index is 13.1. The monoisotopic (exact) mass is 300 g/mol. The number of benzene rings is 1. The van der Waals surface area contributed by atoms with Crippen molar-refractivity contribution in [3.05, 3.63) is 58.9 Å². The van der Waals surface area contributed by atoms with Crippen LogP contribution in [0.25, 0.3) is 0 Å². The van der Waals surface area contributed by atoms with Gasteiger partial charge in [-0.2, -0.15) is 0 Å². The Labute approximate surface area is 128 Å². The molecular weight excluding hydrogens is 283 g/mol. The van der Waals surface area contributed by atoms with Gasteiger partial charge in [0.05, 0.1) is 5.69 Å². The van der Waals surface area contributed by atoms with Crippen molar-refractivity contribution < 1.29 is 9.18 Å². The highest BCUT2D eigenvalue weighted by molar-refractivity contribution is 5.81. The number of primary amides is 1. The Hall–Kier alpha value is -2.34. The van der Waals surface area contributed by atoms with Crippen molar-refractivity contribution >= 4 is 5.91 Å². The summed E-state index contributed by atoms with van der Waals surface area (Å²) in [5.41, 5.74) is 8.30. The Kier molecular flexibility index (Phi) is 3.85. The minimum atomic E-state index is -0.580. The summed E-state index contributed by atoms with van der Waals surface area (Å²) in [7, 11) is 0. The van der Waals surface area contributed by atoms with Crippen LogP contribution in [0.3, 0.4) is 0 Å². The summed E-state index contributed by atoms with van der Waals surface area (Å²) in [6.07, 6.45) is 2.60. The Bertz CT molecular complexity index is 702. The van der Waals surface area contributed by atoms with Crippen molar-refractivity contribution in [2.24, 2.45) is 5.73 Å². The van der Waals surface area contributed by atoms with Crippen LogP contribution < -0.4 is 5.73 Å². The van der Waals surface area contributed by atoms with Gasteiger partial charge in [0.15, 0.2) is 0 Å². The zero-order valence-electron chi connectivity index (χ0n) is 12.3. The Morgan fingerprint density at radius 3 is 2.77 bits per heavy atom. The van der Waals surface area contributed by atoms with Crippen molar-refractivity contribution in [2.45, 2.75) is 25.9 Å². The smallest absolute Gasteiger partial charge is 0.239 e. The second kappa shape index (κ2) is 5.81. The largest absolute Gasteiger partial charge is 0.368 e. The fourth-order valence-corrected chi connectivity index (χ4v) is 2.84. The van der Waals surface area contributed by atoms with E-state index in [-0.39, 0.29) is 5.82 Å². The number of aryl methyl sites for hydroxylation is 1. The highest BCUT2D eigenvalue weighted by atomic mass is 19.1. The summed E-state index contributed by atoms with van der Waals surface area (Å²) < 4.78 is 13.1. The predicted octanol–water partition coefficient (Wildman–Crippen LogP) is 1.51. The quantitative estimate of drug-likeness (QED) is 0.932. The van der Waals surface area contributed by atoms with E-state index in [0.717, 1.165) is 17.7 Å². The summed E-state index contributed by atoms with van der Waals surface area (Å²) in [6.45, 7) is 3.05. The van der Waals surface area contributed by atoms with Gasteiger partial charge < -0.3 is 5.73 Å². The average molecular weight is 300 g/mol. The van der Waals surface area contributed by atoms with Gasteiger partial charge in [0.25, 0.3) is 0 Å².